The van der Waals surface area contributed by atoms with Crippen LogP contribution < -0.4 is 5.32 Å². The number of ether oxygens (including phenoxy) is 1. The zero-order valence-corrected chi connectivity index (χ0v) is 11.3. The second-order valence-corrected chi connectivity index (χ2v) is 5.01. The Balaban J connectivity index is 1.64. The van der Waals surface area contributed by atoms with E-state index in [4.69, 9.17) is 9.84 Å². The smallest absolute Gasteiger partial charge is 0.335 e. The molecule has 1 fully saturated rings. The highest BCUT2D eigenvalue weighted by Crippen LogP contribution is 2.28. The first-order valence-electron chi connectivity index (χ1n) is 6.86. The lowest BCUT2D eigenvalue weighted by atomic mass is 10.1. The van der Waals surface area contributed by atoms with E-state index in [1.807, 2.05) is 0 Å². The minimum atomic E-state index is -0.996. The molecule has 0 aromatic heterocycles. The normalized spacial score (nSPS) is 14.0. The van der Waals surface area contributed by atoms with Gasteiger partial charge in [-0.25, -0.2) is 4.79 Å². The van der Waals surface area contributed by atoms with Gasteiger partial charge < -0.3 is 15.2 Å². The number of carbonyl (C=O) groups excluding carboxylic acids is 1. The van der Waals surface area contributed by atoms with Gasteiger partial charge in [0.1, 0.15) is 0 Å². The summed E-state index contributed by atoms with van der Waals surface area (Å²) in [4.78, 5) is 22.5. The van der Waals surface area contributed by atoms with Gasteiger partial charge in [0.05, 0.1) is 5.56 Å². The van der Waals surface area contributed by atoms with E-state index in [1.54, 1.807) is 0 Å². The first-order chi connectivity index (χ1) is 9.66. The lowest BCUT2D eigenvalue weighted by Gasteiger charge is -2.06. The summed E-state index contributed by atoms with van der Waals surface area (Å²) in [6, 6.07) is 5.89. The standard InChI is InChI=1S/C15H19NO4/c17-14(12-4-6-13(7-5-12)15(18)19)16-8-1-9-20-10-11-2-3-11/h4-7,11H,1-3,8-10H2,(H,16,17)(H,18,19). The van der Waals surface area contributed by atoms with E-state index < -0.39 is 5.97 Å². The first-order valence-corrected chi connectivity index (χ1v) is 6.86. The molecule has 1 saturated carbocycles. The van der Waals surface area contributed by atoms with Crippen LogP contribution in [0.25, 0.3) is 0 Å². The van der Waals surface area contributed by atoms with Gasteiger partial charge in [-0.2, -0.15) is 0 Å². The molecule has 108 valence electrons. The molecule has 2 N–H and O–H groups in total. The fourth-order valence-electron chi connectivity index (χ4n) is 1.78. The second-order valence-electron chi connectivity index (χ2n) is 5.01. The maximum Gasteiger partial charge on any atom is 0.335 e. The van der Waals surface area contributed by atoms with Crippen LogP contribution >= 0.6 is 0 Å². The molecule has 5 heteroatoms. The van der Waals surface area contributed by atoms with Crippen molar-refractivity contribution in [2.75, 3.05) is 19.8 Å². The third kappa shape index (κ3) is 4.66. The van der Waals surface area contributed by atoms with Crippen LogP contribution in [0.1, 0.15) is 40.0 Å². The fraction of sp³-hybridized carbons (Fsp3) is 0.467. The van der Waals surface area contributed by atoms with Crippen molar-refractivity contribution in [3.63, 3.8) is 0 Å². The predicted molar refractivity (Wildman–Crippen MR) is 73.9 cm³/mol. The van der Waals surface area contributed by atoms with Gasteiger partial charge in [0.15, 0.2) is 0 Å². The molecule has 2 rings (SSSR count). The molecule has 1 amide bonds. The molecule has 0 bridgehead atoms. The van der Waals surface area contributed by atoms with E-state index in [1.165, 1.54) is 37.1 Å². The van der Waals surface area contributed by atoms with Gasteiger partial charge in [-0.1, -0.05) is 0 Å². The average Bonchev–Trinajstić information content (AvgIpc) is 3.26. The number of benzene rings is 1. The molecule has 0 atom stereocenters. The number of aromatic carboxylic acids is 1. The van der Waals surface area contributed by atoms with Crippen LogP contribution in [0.2, 0.25) is 0 Å². The van der Waals surface area contributed by atoms with Crippen LogP contribution in [0.5, 0.6) is 0 Å². The Labute approximate surface area is 117 Å². The van der Waals surface area contributed by atoms with Crippen LogP contribution in [0.3, 0.4) is 0 Å². The molecule has 0 unspecified atom stereocenters. The first kappa shape index (κ1) is 14.5. The zero-order chi connectivity index (χ0) is 14.4. The SMILES string of the molecule is O=C(O)c1ccc(C(=O)NCCCOCC2CC2)cc1. The quantitative estimate of drug-likeness (QED) is 0.712. The molecule has 0 aliphatic heterocycles. The maximum absolute atomic E-state index is 11.8. The van der Waals surface area contributed by atoms with E-state index in [0.717, 1.165) is 18.9 Å². The van der Waals surface area contributed by atoms with Crippen molar-refractivity contribution in [3.8, 4) is 0 Å². The highest BCUT2D eigenvalue weighted by Gasteiger charge is 2.20. The van der Waals surface area contributed by atoms with E-state index in [9.17, 15) is 9.59 Å². The molecule has 0 radical (unpaired) electrons. The van der Waals surface area contributed by atoms with Crippen LogP contribution in [0, 0.1) is 5.92 Å². The number of hydrogen-bond acceptors (Lipinski definition) is 3. The molecular formula is C15H19NO4. The zero-order valence-electron chi connectivity index (χ0n) is 11.3. The highest BCUT2D eigenvalue weighted by atomic mass is 16.5. The number of amides is 1. The Bertz CT molecular complexity index is 465. The van der Waals surface area contributed by atoms with Gasteiger partial charge in [0, 0.05) is 25.3 Å². The largest absolute Gasteiger partial charge is 0.478 e. The van der Waals surface area contributed by atoms with Gasteiger partial charge in [-0.15, -0.1) is 0 Å². The van der Waals surface area contributed by atoms with Crippen LogP contribution in [0.15, 0.2) is 24.3 Å². The van der Waals surface area contributed by atoms with Crippen molar-refractivity contribution in [2.45, 2.75) is 19.3 Å². The molecule has 1 aromatic rings. The molecule has 1 aliphatic carbocycles. The van der Waals surface area contributed by atoms with Gasteiger partial charge in [-0.3, -0.25) is 4.79 Å². The van der Waals surface area contributed by atoms with E-state index in [2.05, 4.69) is 5.32 Å². The summed E-state index contributed by atoms with van der Waals surface area (Å²) in [5.41, 5.74) is 0.643. The summed E-state index contributed by atoms with van der Waals surface area (Å²) >= 11 is 0. The van der Waals surface area contributed by atoms with E-state index in [0.29, 0.717) is 18.7 Å². The number of carboxylic acids is 1. The topological polar surface area (TPSA) is 75.6 Å². The van der Waals surface area contributed by atoms with Crippen molar-refractivity contribution in [3.05, 3.63) is 35.4 Å². The average molecular weight is 277 g/mol. The second kappa shape index (κ2) is 7.05. The monoisotopic (exact) mass is 277 g/mol. The van der Waals surface area contributed by atoms with E-state index in [-0.39, 0.29) is 11.5 Å². The number of rotatable bonds is 8. The summed E-state index contributed by atoms with van der Waals surface area (Å²) in [7, 11) is 0. The summed E-state index contributed by atoms with van der Waals surface area (Å²) in [6.07, 6.45) is 3.35. The lowest BCUT2D eigenvalue weighted by Crippen LogP contribution is -2.25. The Kier molecular flexibility index (Phi) is 5.12. The van der Waals surface area contributed by atoms with Gasteiger partial charge >= 0.3 is 5.97 Å². The lowest BCUT2D eigenvalue weighted by molar-refractivity contribution is 0.0696. The minimum absolute atomic E-state index is 0.176. The molecule has 1 aliphatic rings. The van der Waals surface area contributed by atoms with Crippen LogP contribution in [-0.2, 0) is 4.74 Å². The molecular weight excluding hydrogens is 258 g/mol. The molecule has 20 heavy (non-hydrogen) atoms. The summed E-state index contributed by atoms with van der Waals surface area (Å²) in [6.45, 7) is 2.06. The minimum Gasteiger partial charge on any atom is -0.478 e. The molecule has 1 aromatic carbocycles. The number of hydrogen-bond donors (Lipinski definition) is 2. The van der Waals surface area contributed by atoms with Crippen molar-refractivity contribution < 1.29 is 19.4 Å². The van der Waals surface area contributed by atoms with Crippen molar-refractivity contribution >= 4 is 11.9 Å². The summed E-state index contributed by atoms with van der Waals surface area (Å²) in [5, 5.41) is 11.6. The molecule has 5 nitrogen and oxygen atoms in total. The Morgan fingerprint density at radius 2 is 1.85 bits per heavy atom. The third-order valence-corrected chi connectivity index (χ3v) is 3.20. The fourth-order valence-corrected chi connectivity index (χ4v) is 1.78. The van der Waals surface area contributed by atoms with Gasteiger partial charge in [0.25, 0.3) is 5.91 Å². The third-order valence-electron chi connectivity index (χ3n) is 3.20. The number of carbonyl (C=O) groups is 2. The highest BCUT2D eigenvalue weighted by molar-refractivity contribution is 5.95. The maximum atomic E-state index is 11.8. The van der Waals surface area contributed by atoms with Crippen molar-refractivity contribution in [1.29, 1.82) is 0 Å². The number of nitrogens with one attached hydrogen (secondary N) is 1. The summed E-state index contributed by atoms with van der Waals surface area (Å²) < 4.78 is 5.47. The van der Waals surface area contributed by atoms with Crippen molar-refractivity contribution in [2.24, 2.45) is 5.92 Å². The van der Waals surface area contributed by atoms with Crippen LogP contribution in [-0.4, -0.2) is 36.7 Å². The van der Waals surface area contributed by atoms with E-state index >= 15 is 0 Å². The predicted octanol–water partition coefficient (Wildman–Crippen LogP) is 1.93. The Morgan fingerprint density at radius 3 is 2.45 bits per heavy atom. The van der Waals surface area contributed by atoms with Crippen LogP contribution in [0.4, 0.5) is 0 Å². The van der Waals surface area contributed by atoms with Gasteiger partial charge in [-0.05, 0) is 49.4 Å². The number of carboxylic acid groups (broad SMARTS) is 1. The Morgan fingerprint density at radius 1 is 1.20 bits per heavy atom. The molecule has 0 heterocycles. The summed E-state index contributed by atoms with van der Waals surface area (Å²) in [5.74, 6) is -0.425. The van der Waals surface area contributed by atoms with Crippen molar-refractivity contribution in [1.82, 2.24) is 5.32 Å². The molecule has 0 saturated heterocycles. The molecule has 0 spiro atoms. The Hall–Kier alpha value is -1.88. The van der Waals surface area contributed by atoms with Gasteiger partial charge in [0.2, 0.25) is 0 Å².